The van der Waals surface area contributed by atoms with Crippen LogP contribution in [-0.4, -0.2) is 23.9 Å². The molecule has 2 rings (SSSR count). The number of amides is 1. The highest BCUT2D eigenvalue weighted by atomic mass is 35.5. The number of halogens is 2. The highest BCUT2D eigenvalue weighted by Gasteiger charge is 2.25. The van der Waals surface area contributed by atoms with Crippen LogP contribution in [0.4, 0.5) is 4.39 Å². The molecule has 16 heavy (non-hydrogen) atoms. The molecule has 0 N–H and O–H groups in total. The summed E-state index contributed by atoms with van der Waals surface area (Å²) in [4.78, 5) is 13.7. The fourth-order valence-corrected chi connectivity index (χ4v) is 2.16. The van der Waals surface area contributed by atoms with Gasteiger partial charge in [-0.15, -0.1) is 11.6 Å². The number of likely N-dealkylation sites (tertiary alicyclic amines) is 1. The third-order valence-corrected chi connectivity index (χ3v) is 3.24. The lowest BCUT2D eigenvalue weighted by molar-refractivity contribution is -0.129. The third kappa shape index (κ3) is 2.35. The Kier molecular flexibility index (Phi) is 3.44. The molecule has 1 heterocycles. The van der Waals surface area contributed by atoms with E-state index in [4.69, 9.17) is 11.6 Å². The van der Waals surface area contributed by atoms with Crippen molar-refractivity contribution < 1.29 is 9.18 Å². The minimum atomic E-state index is -0.696. The van der Waals surface area contributed by atoms with Gasteiger partial charge in [0.1, 0.15) is 11.2 Å². The van der Waals surface area contributed by atoms with Crippen molar-refractivity contribution in [2.24, 2.45) is 0 Å². The van der Waals surface area contributed by atoms with Crippen LogP contribution in [0.15, 0.2) is 24.3 Å². The standard InChI is InChI=1S/C12H13ClFNO/c13-11(9-3-5-10(14)6-4-9)12(16)15-7-1-2-8-15/h3-6,11H,1-2,7-8H2. The highest BCUT2D eigenvalue weighted by Crippen LogP contribution is 2.25. The van der Waals surface area contributed by atoms with Crippen LogP contribution in [0.2, 0.25) is 0 Å². The Morgan fingerprint density at radius 1 is 1.25 bits per heavy atom. The molecule has 1 saturated heterocycles. The number of alkyl halides is 1. The van der Waals surface area contributed by atoms with E-state index in [1.165, 1.54) is 12.1 Å². The van der Waals surface area contributed by atoms with Gasteiger partial charge in [-0.05, 0) is 30.5 Å². The maximum absolute atomic E-state index is 12.7. The molecule has 0 aromatic heterocycles. The summed E-state index contributed by atoms with van der Waals surface area (Å²) in [6.07, 6.45) is 2.08. The average Bonchev–Trinajstić information content (AvgIpc) is 2.81. The van der Waals surface area contributed by atoms with Crippen molar-refractivity contribution in [2.75, 3.05) is 13.1 Å². The van der Waals surface area contributed by atoms with Crippen LogP contribution in [0.25, 0.3) is 0 Å². The van der Waals surface area contributed by atoms with Crippen molar-refractivity contribution in [3.8, 4) is 0 Å². The Bertz CT molecular complexity index is 373. The number of nitrogens with zero attached hydrogens (tertiary/aromatic N) is 1. The van der Waals surface area contributed by atoms with Crippen LogP contribution in [0.1, 0.15) is 23.8 Å². The molecule has 0 bridgehead atoms. The van der Waals surface area contributed by atoms with Crippen LogP contribution in [0.3, 0.4) is 0 Å². The lowest BCUT2D eigenvalue weighted by Crippen LogP contribution is -2.30. The quantitative estimate of drug-likeness (QED) is 0.729. The van der Waals surface area contributed by atoms with E-state index in [0.29, 0.717) is 5.56 Å². The van der Waals surface area contributed by atoms with Gasteiger partial charge in [0.15, 0.2) is 0 Å². The molecule has 1 aliphatic rings. The molecule has 4 heteroatoms. The van der Waals surface area contributed by atoms with Crippen molar-refractivity contribution in [3.63, 3.8) is 0 Å². The zero-order valence-corrected chi connectivity index (χ0v) is 9.58. The van der Waals surface area contributed by atoms with Gasteiger partial charge < -0.3 is 4.90 Å². The first-order valence-electron chi connectivity index (χ1n) is 5.37. The van der Waals surface area contributed by atoms with E-state index >= 15 is 0 Å². The van der Waals surface area contributed by atoms with Crippen molar-refractivity contribution >= 4 is 17.5 Å². The Balaban J connectivity index is 2.08. The summed E-state index contributed by atoms with van der Waals surface area (Å²) in [7, 11) is 0. The molecule has 86 valence electrons. The minimum absolute atomic E-state index is 0.0780. The molecular weight excluding hydrogens is 229 g/mol. The molecule has 0 radical (unpaired) electrons. The van der Waals surface area contributed by atoms with E-state index in [1.807, 2.05) is 0 Å². The predicted molar refractivity (Wildman–Crippen MR) is 60.8 cm³/mol. The van der Waals surface area contributed by atoms with Gasteiger partial charge in [0.25, 0.3) is 0 Å². The van der Waals surface area contributed by atoms with E-state index in [9.17, 15) is 9.18 Å². The predicted octanol–water partition coefficient (Wildman–Crippen LogP) is 2.73. The lowest BCUT2D eigenvalue weighted by atomic mass is 10.1. The van der Waals surface area contributed by atoms with Crippen LogP contribution < -0.4 is 0 Å². The van der Waals surface area contributed by atoms with Crippen LogP contribution >= 0.6 is 11.6 Å². The molecule has 0 saturated carbocycles. The molecular formula is C12H13ClFNO. The van der Waals surface area contributed by atoms with Gasteiger partial charge in [0.2, 0.25) is 5.91 Å². The fraction of sp³-hybridized carbons (Fsp3) is 0.417. The first-order valence-corrected chi connectivity index (χ1v) is 5.80. The Morgan fingerprint density at radius 3 is 2.38 bits per heavy atom. The van der Waals surface area contributed by atoms with Gasteiger partial charge in [0.05, 0.1) is 0 Å². The second-order valence-corrected chi connectivity index (χ2v) is 4.38. The van der Waals surface area contributed by atoms with Crippen molar-refractivity contribution in [2.45, 2.75) is 18.2 Å². The molecule has 1 amide bonds. The Labute approximate surface area is 99.0 Å². The summed E-state index contributed by atoms with van der Waals surface area (Å²) in [6, 6.07) is 5.76. The number of benzene rings is 1. The number of hydrogen-bond acceptors (Lipinski definition) is 1. The van der Waals surface area contributed by atoms with Crippen molar-refractivity contribution in [1.82, 2.24) is 4.90 Å². The largest absolute Gasteiger partial charge is 0.341 e. The van der Waals surface area contributed by atoms with E-state index < -0.39 is 5.38 Å². The lowest BCUT2D eigenvalue weighted by Gasteiger charge is -2.19. The third-order valence-electron chi connectivity index (χ3n) is 2.80. The summed E-state index contributed by atoms with van der Waals surface area (Å²) in [5, 5.41) is -0.696. The first kappa shape index (κ1) is 11.4. The molecule has 1 aliphatic heterocycles. The Hall–Kier alpha value is -1.09. The van der Waals surface area contributed by atoms with Gasteiger partial charge in [-0.2, -0.15) is 0 Å². The molecule has 1 atom stereocenters. The van der Waals surface area contributed by atoms with E-state index in [-0.39, 0.29) is 11.7 Å². The number of rotatable bonds is 2. The monoisotopic (exact) mass is 241 g/mol. The maximum Gasteiger partial charge on any atom is 0.245 e. The Morgan fingerprint density at radius 2 is 1.81 bits per heavy atom. The van der Waals surface area contributed by atoms with Gasteiger partial charge in [-0.3, -0.25) is 4.79 Å². The SMILES string of the molecule is O=C(C(Cl)c1ccc(F)cc1)N1CCCC1. The first-order chi connectivity index (χ1) is 7.68. The average molecular weight is 242 g/mol. The highest BCUT2D eigenvalue weighted by molar-refractivity contribution is 6.30. The molecule has 0 spiro atoms. The summed E-state index contributed by atoms with van der Waals surface area (Å²) >= 11 is 6.08. The molecule has 1 fully saturated rings. The van der Waals surface area contributed by atoms with Crippen LogP contribution in [0.5, 0.6) is 0 Å². The van der Waals surface area contributed by atoms with Crippen LogP contribution in [0, 0.1) is 5.82 Å². The number of hydrogen-bond donors (Lipinski definition) is 0. The molecule has 2 nitrogen and oxygen atoms in total. The number of carbonyl (C=O) groups is 1. The van der Waals surface area contributed by atoms with Gasteiger partial charge in [-0.25, -0.2) is 4.39 Å². The summed E-state index contributed by atoms with van der Waals surface area (Å²) in [5.41, 5.74) is 0.653. The molecule has 1 unspecified atom stereocenters. The topological polar surface area (TPSA) is 20.3 Å². The van der Waals surface area contributed by atoms with Crippen molar-refractivity contribution in [1.29, 1.82) is 0 Å². The summed E-state index contributed by atoms with van der Waals surface area (Å²) in [6.45, 7) is 1.56. The minimum Gasteiger partial charge on any atom is -0.341 e. The molecule has 0 aliphatic carbocycles. The van der Waals surface area contributed by atoms with E-state index in [2.05, 4.69) is 0 Å². The summed E-state index contributed by atoms with van der Waals surface area (Å²) in [5.74, 6) is -0.396. The van der Waals surface area contributed by atoms with E-state index in [0.717, 1.165) is 25.9 Å². The van der Waals surface area contributed by atoms with Gasteiger partial charge in [-0.1, -0.05) is 12.1 Å². The second-order valence-electron chi connectivity index (χ2n) is 3.95. The maximum atomic E-state index is 12.7. The molecule has 1 aromatic rings. The zero-order valence-electron chi connectivity index (χ0n) is 8.83. The van der Waals surface area contributed by atoms with Crippen LogP contribution in [-0.2, 0) is 4.79 Å². The zero-order chi connectivity index (χ0) is 11.5. The van der Waals surface area contributed by atoms with Gasteiger partial charge in [0, 0.05) is 13.1 Å². The number of carbonyl (C=O) groups excluding carboxylic acids is 1. The second kappa shape index (κ2) is 4.83. The van der Waals surface area contributed by atoms with E-state index in [1.54, 1.807) is 17.0 Å². The van der Waals surface area contributed by atoms with Crippen molar-refractivity contribution in [3.05, 3.63) is 35.6 Å². The fourth-order valence-electron chi connectivity index (χ4n) is 1.87. The van der Waals surface area contributed by atoms with Gasteiger partial charge >= 0.3 is 0 Å². The normalized spacial score (nSPS) is 17.5. The summed E-state index contributed by atoms with van der Waals surface area (Å²) < 4.78 is 12.7. The smallest absolute Gasteiger partial charge is 0.245 e. The molecule has 1 aromatic carbocycles.